The predicted molar refractivity (Wildman–Crippen MR) is 145 cm³/mol. The van der Waals surface area contributed by atoms with E-state index in [0.29, 0.717) is 0 Å². The Morgan fingerprint density at radius 1 is 0.588 bits per heavy atom. The minimum absolute atomic E-state index is 0.0516. The fourth-order valence-corrected chi connectivity index (χ4v) is 7.18. The van der Waals surface area contributed by atoms with Gasteiger partial charge >= 0.3 is 0 Å². The van der Waals surface area contributed by atoms with Crippen LogP contribution in [0.15, 0.2) is 48.5 Å². The zero-order valence-electron chi connectivity index (χ0n) is 22.1. The van der Waals surface area contributed by atoms with Crippen LogP contribution in [0, 0.1) is 13.8 Å². The highest BCUT2D eigenvalue weighted by atomic mass is 15.4. The van der Waals surface area contributed by atoms with Crippen LogP contribution in [0.2, 0.25) is 0 Å². The summed E-state index contributed by atoms with van der Waals surface area (Å²) in [6.07, 6.45) is 2.48. The van der Waals surface area contributed by atoms with Crippen molar-refractivity contribution < 1.29 is 0 Å². The summed E-state index contributed by atoms with van der Waals surface area (Å²) >= 11 is 0. The summed E-state index contributed by atoms with van der Waals surface area (Å²) < 4.78 is 0. The molecule has 2 nitrogen and oxygen atoms in total. The van der Waals surface area contributed by atoms with E-state index in [-0.39, 0.29) is 16.2 Å². The van der Waals surface area contributed by atoms with E-state index in [1.807, 2.05) is 0 Å². The van der Waals surface area contributed by atoms with Crippen LogP contribution in [0.1, 0.15) is 87.8 Å². The van der Waals surface area contributed by atoms with Gasteiger partial charge in [-0.15, -0.1) is 0 Å². The number of anilines is 4. The first-order chi connectivity index (χ1) is 15.9. The van der Waals surface area contributed by atoms with Crippen molar-refractivity contribution in [2.24, 2.45) is 0 Å². The summed E-state index contributed by atoms with van der Waals surface area (Å²) in [5, 5.41) is 0. The third-order valence-corrected chi connectivity index (χ3v) is 9.12. The van der Waals surface area contributed by atoms with Gasteiger partial charge in [0, 0.05) is 16.8 Å². The molecule has 0 aromatic heterocycles. The normalized spacial score (nSPS) is 20.6. The van der Waals surface area contributed by atoms with E-state index < -0.39 is 0 Å². The molecule has 0 saturated carbocycles. The predicted octanol–water partition coefficient (Wildman–Crippen LogP) is 8.54. The fraction of sp³-hybridized carbons (Fsp3) is 0.438. The molecule has 0 N–H and O–H groups in total. The van der Waals surface area contributed by atoms with Gasteiger partial charge in [0.05, 0.1) is 11.4 Å². The highest BCUT2D eigenvalue weighted by Crippen LogP contribution is 2.60. The number of para-hydroxylation sites is 2. The molecule has 3 aromatic rings. The van der Waals surface area contributed by atoms with Crippen molar-refractivity contribution in [1.29, 1.82) is 0 Å². The second-order valence-corrected chi connectivity index (χ2v) is 12.7. The van der Waals surface area contributed by atoms with Gasteiger partial charge in [-0.2, -0.15) is 0 Å². The van der Waals surface area contributed by atoms with Gasteiger partial charge in [-0.1, -0.05) is 77.9 Å². The van der Waals surface area contributed by atoms with Crippen molar-refractivity contribution in [3.05, 3.63) is 81.9 Å². The third kappa shape index (κ3) is 2.69. The van der Waals surface area contributed by atoms with E-state index in [1.165, 1.54) is 52.3 Å². The summed E-state index contributed by atoms with van der Waals surface area (Å²) in [4.78, 5) is 5.15. The van der Waals surface area contributed by atoms with Crippen LogP contribution in [-0.2, 0) is 16.2 Å². The molecular weight excluding hydrogens is 412 g/mol. The third-order valence-electron chi connectivity index (χ3n) is 9.12. The van der Waals surface area contributed by atoms with Crippen LogP contribution in [-0.4, -0.2) is 6.67 Å². The first-order valence-electron chi connectivity index (χ1n) is 12.9. The lowest BCUT2D eigenvalue weighted by molar-refractivity contribution is 0.326. The van der Waals surface area contributed by atoms with E-state index in [1.54, 1.807) is 16.7 Å². The lowest BCUT2D eigenvalue weighted by Crippen LogP contribution is -2.41. The average Bonchev–Trinajstić information content (AvgIpc) is 3.15. The zero-order chi connectivity index (χ0) is 24.2. The number of hydrogen-bond donors (Lipinski definition) is 0. The van der Waals surface area contributed by atoms with Crippen LogP contribution in [0.4, 0.5) is 22.7 Å². The maximum absolute atomic E-state index is 2.61. The van der Waals surface area contributed by atoms with Crippen LogP contribution in [0.25, 0.3) is 0 Å². The standard InChI is InChI=1S/C32H38N2/c1-20-11-9-12-21(2)28(20)34-19-33-24-16-15-22-26(31(5,6)18-17-30(22,3)4)27(24)32(7,8)23-13-10-14-25(34)29(23)33/h9-16H,17-19H2,1-8H3. The van der Waals surface area contributed by atoms with E-state index in [2.05, 4.69) is 114 Å². The van der Waals surface area contributed by atoms with Crippen LogP contribution in [0.5, 0.6) is 0 Å². The Morgan fingerprint density at radius 3 is 1.91 bits per heavy atom. The number of benzene rings is 3. The summed E-state index contributed by atoms with van der Waals surface area (Å²) in [7, 11) is 0. The van der Waals surface area contributed by atoms with Gasteiger partial charge in [0.2, 0.25) is 0 Å². The van der Waals surface area contributed by atoms with Crippen molar-refractivity contribution >= 4 is 22.7 Å². The molecule has 0 amide bonds. The monoisotopic (exact) mass is 450 g/mol. The molecule has 6 rings (SSSR count). The van der Waals surface area contributed by atoms with Gasteiger partial charge in [-0.05, 0) is 83.0 Å². The maximum Gasteiger partial charge on any atom is 0.100 e. The SMILES string of the molecule is Cc1cccc(C)c1N1CN2c3ccc4c(c3C(C)(C)c3cccc1c32)C(C)(C)CCC4(C)C. The molecule has 0 unspecified atom stereocenters. The summed E-state index contributed by atoms with van der Waals surface area (Å²) in [6.45, 7) is 20.1. The molecule has 34 heavy (non-hydrogen) atoms. The smallest absolute Gasteiger partial charge is 0.100 e. The number of hydrogen-bond acceptors (Lipinski definition) is 2. The molecule has 0 fully saturated rings. The molecule has 0 radical (unpaired) electrons. The number of rotatable bonds is 1. The largest absolute Gasteiger partial charge is 0.320 e. The first kappa shape index (κ1) is 21.8. The van der Waals surface area contributed by atoms with Crippen LogP contribution < -0.4 is 9.80 Å². The minimum Gasteiger partial charge on any atom is -0.320 e. The minimum atomic E-state index is -0.0516. The quantitative estimate of drug-likeness (QED) is 0.366. The van der Waals surface area contributed by atoms with E-state index in [4.69, 9.17) is 0 Å². The van der Waals surface area contributed by atoms with Crippen LogP contribution in [0.3, 0.4) is 0 Å². The van der Waals surface area contributed by atoms with Gasteiger partial charge in [0.25, 0.3) is 0 Å². The van der Waals surface area contributed by atoms with E-state index in [0.717, 1.165) is 6.67 Å². The second kappa shape index (κ2) is 6.68. The lowest BCUT2D eigenvalue weighted by atomic mass is 9.58. The number of nitrogens with zero attached hydrogens (tertiary/aromatic N) is 2. The molecule has 0 spiro atoms. The maximum atomic E-state index is 2.61. The van der Waals surface area contributed by atoms with E-state index in [9.17, 15) is 0 Å². The number of fused-ring (bicyclic) bond motifs is 4. The number of aryl methyl sites for hydroxylation is 2. The van der Waals surface area contributed by atoms with E-state index >= 15 is 0 Å². The summed E-state index contributed by atoms with van der Waals surface area (Å²) in [6, 6.07) is 18.5. The molecule has 176 valence electrons. The molecular formula is C32H38N2. The Labute approximate surface area is 205 Å². The molecule has 1 aliphatic carbocycles. The Balaban J connectivity index is 1.65. The molecule has 0 bridgehead atoms. The second-order valence-electron chi connectivity index (χ2n) is 12.7. The van der Waals surface area contributed by atoms with Gasteiger partial charge in [0.1, 0.15) is 6.67 Å². The average molecular weight is 451 g/mol. The van der Waals surface area contributed by atoms with Crippen molar-refractivity contribution in [1.82, 2.24) is 0 Å². The molecule has 2 aliphatic heterocycles. The van der Waals surface area contributed by atoms with Crippen molar-refractivity contribution in [3.8, 4) is 0 Å². The van der Waals surface area contributed by atoms with Crippen molar-refractivity contribution in [2.45, 2.75) is 84.5 Å². The Morgan fingerprint density at radius 2 is 1.21 bits per heavy atom. The molecule has 0 saturated heterocycles. The Bertz CT molecular complexity index is 1320. The molecule has 2 heteroatoms. The summed E-state index contributed by atoms with van der Waals surface area (Å²) in [5.74, 6) is 0. The van der Waals surface area contributed by atoms with Crippen LogP contribution >= 0.6 is 0 Å². The molecule has 2 heterocycles. The Kier molecular flexibility index (Phi) is 4.28. The lowest BCUT2D eigenvalue weighted by Gasteiger charge is -2.49. The van der Waals surface area contributed by atoms with Gasteiger partial charge in [-0.3, -0.25) is 0 Å². The zero-order valence-corrected chi connectivity index (χ0v) is 22.1. The summed E-state index contributed by atoms with van der Waals surface area (Å²) in [5.41, 5.74) is 14.7. The van der Waals surface area contributed by atoms with Gasteiger partial charge in [0.15, 0.2) is 0 Å². The molecule has 0 atom stereocenters. The molecule has 3 aliphatic rings. The molecule has 3 aromatic carbocycles. The highest BCUT2D eigenvalue weighted by molar-refractivity contribution is 5.95. The Hall–Kier alpha value is -2.74. The van der Waals surface area contributed by atoms with Crippen molar-refractivity contribution in [3.63, 3.8) is 0 Å². The highest BCUT2D eigenvalue weighted by Gasteiger charge is 2.48. The topological polar surface area (TPSA) is 6.48 Å². The van der Waals surface area contributed by atoms with Gasteiger partial charge < -0.3 is 9.80 Å². The van der Waals surface area contributed by atoms with Crippen molar-refractivity contribution in [2.75, 3.05) is 16.5 Å². The van der Waals surface area contributed by atoms with Gasteiger partial charge in [-0.25, -0.2) is 0 Å². The first-order valence-corrected chi connectivity index (χ1v) is 12.9. The fourth-order valence-electron chi connectivity index (χ4n) is 7.18.